The maximum Gasteiger partial charge on any atom is 0.288 e. The van der Waals surface area contributed by atoms with Crippen molar-refractivity contribution in [3.8, 4) is 0 Å². The van der Waals surface area contributed by atoms with E-state index < -0.39 is 16.9 Å². The molecule has 0 heterocycles. The lowest BCUT2D eigenvalue weighted by atomic mass is 9.87. The normalized spacial score (nSPS) is 16.5. The molecule has 2 atom stereocenters. The van der Waals surface area contributed by atoms with Gasteiger partial charge in [0.1, 0.15) is 11.1 Å². The third-order valence-corrected chi connectivity index (χ3v) is 5.65. The summed E-state index contributed by atoms with van der Waals surface area (Å²) in [6.45, 7) is 3.67. The number of carbonyl (C=O) groups excluding carboxylic acids is 2. The van der Waals surface area contributed by atoms with Crippen LogP contribution in [0.5, 0.6) is 0 Å². The fraction of sp³-hybridized carbons (Fsp3) is 0.364. The van der Waals surface area contributed by atoms with E-state index in [4.69, 9.17) is 11.6 Å². The number of amides is 2. The van der Waals surface area contributed by atoms with E-state index in [0.29, 0.717) is 0 Å². The van der Waals surface area contributed by atoms with Gasteiger partial charge in [-0.15, -0.1) is 0 Å². The Hall–Kier alpha value is -2.93. The predicted molar refractivity (Wildman–Crippen MR) is 114 cm³/mol. The number of aryl methyl sites for hydroxylation is 1. The average Bonchev–Trinajstić information content (AvgIpc) is 2.71. The molecule has 2 aromatic rings. The van der Waals surface area contributed by atoms with Crippen LogP contribution in [0, 0.1) is 16.0 Å². The van der Waals surface area contributed by atoms with Crippen LogP contribution in [-0.2, 0) is 11.2 Å². The summed E-state index contributed by atoms with van der Waals surface area (Å²) in [7, 11) is 0. The van der Waals surface area contributed by atoms with Gasteiger partial charge in [-0.3, -0.25) is 19.7 Å². The molecule has 2 amide bonds. The van der Waals surface area contributed by atoms with Crippen molar-refractivity contribution in [2.24, 2.45) is 5.92 Å². The van der Waals surface area contributed by atoms with E-state index in [-0.39, 0.29) is 34.1 Å². The van der Waals surface area contributed by atoms with Crippen LogP contribution >= 0.6 is 11.6 Å². The number of hydrogen-bond acceptors (Lipinski definition) is 4. The summed E-state index contributed by atoms with van der Waals surface area (Å²) in [6.07, 6.45) is 2.81. The van der Waals surface area contributed by atoms with Crippen LogP contribution in [0.15, 0.2) is 42.5 Å². The van der Waals surface area contributed by atoms with E-state index >= 15 is 0 Å². The lowest BCUT2D eigenvalue weighted by Crippen LogP contribution is -2.50. The molecule has 2 aromatic carbocycles. The van der Waals surface area contributed by atoms with Gasteiger partial charge in [0.05, 0.1) is 11.0 Å². The molecule has 1 aliphatic carbocycles. The number of nitro groups is 1. The Morgan fingerprint density at radius 3 is 2.63 bits per heavy atom. The molecule has 158 valence electrons. The molecule has 0 aliphatic heterocycles. The van der Waals surface area contributed by atoms with Crippen LogP contribution in [0.3, 0.4) is 0 Å². The predicted octanol–water partition coefficient (Wildman–Crippen LogP) is 4.20. The van der Waals surface area contributed by atoms with Gasteiger partial charge in [0.25, 0.3) is 11.6 Å². The van der Waals surface area contributed by atoms with E-state index in [1.165, 1.54) is 17.7 Å². The molecule has 0 aromatic heterocycles. The lowest BCUT2D eigenvalue weighted by molar-refractivity contribution is -0.384. The smallest absolute Gasteiger partial charge is 0.288 e. The Labute approximate surface area is 180 Å². The van der Waals surface area contributed by atoms with Crippen molar-refractivity contribution in [1.82, 2.24) is 10.6 Å². The van der Waals surface area contributed by atoms with Crippen molar-refractivity contribution in [3.63, 3.8) is 0 Å². The number of rotatable bonds is 6. The minimum atomic E-state index is -0.777. The Kier molecular flexibility index (Phi) is 6.72. The van der Waals surface area contributed by atoms with Crippen molar-refractivity contribution in [2.45, 2.75) is 45.2 Å². The van der Waals surface area contributed by atoms with Gasteiger partial charge in [0.15, 0.2) is 0 Å². The molecule has 3 rings (SSSR count). The van der Waals surface area contributed by atoms with Crippen LogP contribution < -0.4 is 10.6 Å². The molecule has 0 radical (unpaired) electrons. The summed E-state index contributed by atoms with van der Waals surface area (Å²) in [5, 5.41) is 16.8. The summed E-state index contributed by atoms with van der Waals surface area (Å²) in [6, 6.07) is 11.0. The molecule has 7 nitrogen and oxygen atoms in total. The van der Waals surface area contributed by atoms with Crippen LogP contribution in [0.2, 0.25) is 5.02 Å². The largest absolute Gasteiger partial charge is 0.347 e. The standard InChI is InChI=1S/C22H24ClN3O4/c1-13(2)20(25-21(27)15-10-11-17(23)19(12-15)26(29)30)22(28)24-18-9-5-7-14-6-3-4-8-16(14)18/h3-4,6,8,10-13,18,20H,5,7,9H2,1-2H3,(H,24,28)(H,25,27). The van der Waals surface area contributed by atoms with E-state index in [1.54, 1.807) is 0 Å². The van der Waals surface area contributed by atoms with Crippen LogP contribution in [0.1, 0.15) is 54.2 Å². The van der Waals surface area contributed by atoms with Gasteiger partial charge in [-0.1, -0.05) is 49.7 Å². The number of halogens is 1. The number of nitrogens with one attached hydrogen (secondary N) is 2. The maximum atomic E-state index is 13.0. The molecule has 1 aliphatic rings. The Morgan fingerprint density at radius 1 is 1.20 bits per heavy atom. The highest BCUT2D eigenvalue weighted by molar-refractivity contribution is 6.32. The van der Waals surface area contributed by atoms with Crippen LogP contribution in [0.25, 0.3) is 0 Å². The SMILES string of the molecule is CC(C)C(NC(=O)c1ccc(Cl)c([N+](=O)[O-])c1)C(=O)NC1CCCc2ccccc21. The molecule has 2 N–H and O–H groups in total. The monoisotopic (exact) mass is 429 g/mol. The molecule has 8 heteroatoms. The molecular formula is C22H24ClN3O4. The number of nitrogens with zero attached hydrogens (tertiary/aromatic N) is 1. The fourth-order valence-electron chi connectivity index (χ4n) is 3.72. The van der Waals surface area contributed by atoms with Gasteiger partial charge in [0, 0.05) is 11.6 Å². The molecule has 0 spiro atoms. The summed E-state index contributed by atoms with van der Waals surface area (Å²) >= 11 is 5.81. The van der Waals surface area contributed by atoms with E-state index in [2.05, 4.69) is 16.7 Å². The topological polar surface area (TPSA) is 101 Å². The van der Waals surface area contributed by atoms with Crippen molar-refractivity contribution in [3.05, 3.63) is 74.3 Å². The van der Waals surface area contributed by atoms with Crippen molar-refractivity contribution in [2.75, 3.05) is 0 Å². The third kappa shape index (κ3) is 4.79. The Balaban J connectivity index is 1.75. The van der Waals surface area contributed by atoms with E-state index in [1.807, 2.05) is 32.0 Å². The fourth-order valence-corrected chi connectivity index (χ4v) is 3.91. The number of carbonyl (C=O) groups is 2. The third-order valence-electron chi connectivity index (χ3n) is 5.33. The maximum absolute atomic E-state index is 13.0. The van der Waals surface area contributed by atoms with Crippen molar-refractivity contribution < 1.29 is 14.5 Å². The molecular weight excluding hydrogens is 406 g/mol. The zero-order valence-electron chi connectivity index (χ0n) is 16.9. The quantitative estimate of drug-likeness (QED) is 0.530. The number of benzene rings is 2. The first-order valence-corrected chi connectivity index (χ1v) is 10.3. The molecule has 0 saturated carbocycles. The highest BCUT2D eigenvalue weighted by atomic mass is 35.5. The lowest BCUT2D eigenvalue weighted by Gasteiger charge is -2.29. The van der Waals surface area contributed by atoms with Gasteiger partial charge in [-0.2, -0.15) is 0 Å². The summed E-state index contributed by atoms with van der Waals surface area (Å²) < 4.78 is 0. The Morgan fingerprint density at radius 2 is 1.93 bits per heavy atom. The highest BCUT2D eigenvalue weighted by Gasteiger charge is 2.29. The average molecular weight is 430 g/mol. The Bertz CT molecular complexity index is 977. The van der Waals surface area contributed by atoms with Gasteiger partial charge >= 0.3 is 0 Å². The zero-order valence-corrected chi connectivity index (χ0v) is 17.6. The first-order chi connectivity index (χ1) is 14.3. The second-order valence-corrected chi connectivity index (χ2v) is 8.18. The highest BCUT2D eigenvalue weighted by Crippen LogP contribution is 2.30. The van der Waals surface area contributed by atoms with E-state index in [9.17, 15) is 19.7 Å². The molecule has 0 fully saturated rings. The number of fused-ring (bicyclic) bond motifs is 1. The second-order valence-electron chi connectivity index (χ2n) is 7.77. The molecule has 0 bridgehead atoms. The summed E-state index contributed by atoms with van der Waals surface area (Å²) in [5.41, 5.74) is 2.06. The number of nitro benzene ring substituents is 1. The first-order valence-electron chi connectivity index (χ1n) is 9.91. The van der Waals surface area contributed by atoms with Gasteiger partial charge in [0.2, 0.25) is 5.91 Å². The molecule has 30 heavy (non-hydrogen) atoms. The van der Waals surface area contributed by atoms with E-state index in [0.717, 1.165) is 30.9 Å². The zero-order chi connectivity index (χ0) is 21.8. The van der Waals surface area contributed by atoms with Gasteiger partial charge in [-0.25, -0.2) is 0 Å². The second kappa shape index (κ2) is 9.26. The van der Waals surface area contributed by atoms with Crippen molar-refractivity contribution >= 4 is 29.1 Å². The van der Waals surface area contributed by atoms with Crippen molar-refractivity contribution in [1.29, 1.82) is 0 Å². The van der Waals surface area contributed by atoms with Gasteiger partial charge < -0.3 is 10.6 Å². The van der Waals surface area contributed by atoms with Gasteiger partial charge in [-0.05, 0) is 48.4 Å². The molecule has 2 unspecified atom stereocenters. The van der Waals surface area contributed by atoms with Crippen LogP contribution in [-0.4, -0.2) is 22.8 Å². The minimum absolute atomic E-state index is 0.0503. The summed E-state index contributed by atoms with van der Waals surface area (Å²) in [5.74, 6) is -1.01. The first kappa shape index (κ1) is 21.8. The number of hydrogen-bond donors (Lipinski definition) is 2. The minimum Gasteiger partial charge on any atom is -0.347 e. The molecule has 0 saturated heterocycles. The summed E-state index contributed by atoms with van der Waals surface area (Å²) in [4.78, 5) is 36.1. The van der Waals surface area contributed by atoms with Crippen LogP contribution in [0.4, 0.5) is 5.69 Å².